The van der Waals surface area contributed by atoms with Crippen molar-refractivity contribution in [3.63, 3.8) is 0 Å². The SMILES string of the molecule is C#CCn1c(C(C)C)nc(CC(C)c2ccccc2)c1N. The van der Waals surface area contributed by atoms with E-state index in [0.29, 0.717) is 24.2 Å². The number of nitrogen functional groups attached to an aromatic ring is 1. The molecular weight excluding hydrogens is 258 g/mol. The van der Waals surface area contributed by atoms with Crippen molar-refractivity contribution in [2.45, 2.75) is 45.6 Å². The lowest BCUT2D eigenvalue weighted by Gasteiger charge is -2.11. The minimum atomic E-state index is 0.307. The second-order valence-electron chi connectivity index (χ2n) is 5.76. The smallest absolute Gasteiger partial charge is 0.127 e. The van der Waals surface area contributed by atoms with Gasteiger partial charge in [0, 0.05) is 5.92 Å². The van der Waals surface area contributed by atoms with E-state index in [-0.39, 0.29) is 0 Å². The van der Waals surface area contributed by atoms with Crippen LogP contribution in [0.15, 0.2) is 30.3 Å². The molecule has 1 heterocycles. The van der Waals surface area contributed by atoms with E-state index in [4.69, 9.17) is 17.1 Å². The van der Waals surface area contributed by atoms with E-state index in [1.165, 1.54) is 5.56 Å². The van der Waals surface area contributed by atoms with E-state index >= 15 is 0 Å². The fourth-order valence-corrected chi connectivity index (χ4v) is 2.57. The van der Waals surface area contributed by atoms with Gasteiger partial charge in [-0.3, -0.25) is 0 Å². The molecule has 1 aromatic carbocycles. The van der Waals surface area contributed by atoms with Gasteiger partial charge in [0.1, 0.15) is 11.6 Å². The maximum Gasteiger partial charge on any atom is 0.127 e. The summed E-state index contributed by atoms with van der Waals surface area (Å²) in [5.74, 6) is 5.03. The number of anilines is 1. The lowest BCUT2D eigenvalue weighted by atomic mass is 9.96. The number of nitrogens with zero attached hydrogens (tertiary/aromatic N) is 2. The number of rotatable bonds is 5. The molecule has 110 valence electrons. The summed E-state index contributed by atoms with van der Waals surface area (Å²) in [6.07, 6.45) is 6.27. The van der Waals surface area contributed by atoms with E-state index in [9.17, 15) is 0 Å². The molecule has 0 saturated heterocycles. The first kappa shape index (κ1) is 15.2. The maximum absolute atomic E-state index is 6.26. The monoisotopic (exact) mass is 281 g/mol. The Morgan fingerprint density at radius 3 is 2.48 bits per heavy atom. The first-order chi connectivity index (χ1) is 10.0. The topological polar surface area (TPSA) is 43.8 Å². The van der Waals surface area contributed by atoms with E-state index in [0.717, 1.165) is 17.9 Å². The van der Waals surface area contributed by atoms with Crippen LogP contribution in [0.2, 0.25) is 0 Å². The molecule has 0 aliphatic rings. The molecule has 0 amide bonds. The molecule has 1 atom stereocenters. The maximum atomic E-state index is 6.26. The molecule has 2 rings (SSSR count). The third kappa shape index (κ3) is 3.28. The normalized spacial score (nSPS) is 12.3. The van der Waals surface area contributed by atoms with Crippen LogP contribution < -0.4 is 5.73 Å². The molecule has 3 nitrogen and oxygen atoms in total. The predicted octanol–water partition coefficient (Wildman–Crippen LogP) is 3.57. The minimum Gasteiger partial charge on any atom is -0.384 e. The molecule has 0 aliphatic heterocycles. The van der Waals surface area contributed by atoms with Gasteiger partial charge in [0.05, 0.1) is 12.2 Å². The highest BCUT2D eigenvalue weighted by atomic mass is 15.1. The standard InChI is InChI=1S/C18H23N3/c1-5-11-21-17(19)16(20-18(21)13(2)3)12-14(4)15-9-7-6-8-10-15/h1,6-10,13-14H,11-12,19H2,2-4H3. The molecule has 1 aromatic heterocycles. The Kier molecular flexibility index (Phi) is 4.70. The van der Waals surface area contributed by atoms with Crippen LogP contribution in [0.4, 0.5) is 5.82 Å². The first-order valence-corrected chi connectivity index (χ1v) is 7.37. The van der Waals surface area contributed by atoms with Crippen molar-refractivity contribution in [2.24, 2.45) is 0 Å². The van der Waals surface area contributed by atoms with Crippen molar-refractivity contribution < 1.29 is 0 Å². The van der Waals surface area contributed by atoms with Gasteiger partial charge in [-0.15, -0.1) is 6.42 Å². The molecule has 0 fully saturated rings. The molecule has 3 heteroatoms. The van der Waals surface area contributed by atoms with Crippen LogP contribution in [0, 0.1) is 12.3 Å². The fourth-order valence-electron chi connectivity index (χ4n) is 2.57. The Hall–Kier alpha value is -2.21. The average molecular weight is 281 g/mol. The summed E-state index contributed by atoms with van der Waals surface area (Å²) < 4.78 is 1.96. The van der Waals surface area contributed by atoms with Crippen LogP contribution in [-0.4, -0.2) is 9.55 Å². The van der Waals surface area contributed by atoms with Crippen molar-refractivity contribution in [3.8, 4) is 12.3 Å². The largest absolute Gasteiger partial charge is 0.384 e. The molecule has 0 bridgehead atoms. The number of nitrogens with two attached hydrogens (primary N) is 1. The third-order valence-electron chi connectivity index (χ3n) is 3.75. The lowest BCUT2D eigenvalue weighted by molar-refractivity contribution is 0.688. The van der Waals surface area contributed by atoms with Gasteiger partial charge < -0.3 is 10.3 Å². The van der Waals surface area contributed by atoms with Gasteiger partial charge in [0.2, 0.25) is 0 Å². The number of imidazole rings is 1. The number of terminal acetylenes is 1. The zero-order valence-electron chi connectivity index (χ0n) is 13.0. The summed E-state index contributed by atoms with van der Waals surface area (Å²) in [5, 5.41) is 0. The summed E-state index contributed by atoms with van der Waals surface area (Å²) in [5.41, 5.74) is 8.51. The molecular formula is C18H23N3. The highest BCUT2D eigenvalue weighted by molar-refractivity contribution is 5.41. The van der Waals surface area contributed by atoms with Gasteiger partial charge in [0.15, 0.2) is 0 Å². The van der Waals surface area contributed by atoms with Gasteiger partial charge in [-0.2, -0.15) is 0 Å². The highest BCUT2D eigenvalue weighted by Gasteiger charge is 2.18. The summed E-state index contributed by atoms with van der Waals surface area (Å²) in [4.78, 5) is 4.74. The van der Waals surface area contributed by atoms with Gasteiger partial charge in [-0.1, -0.05) is 57.0 Å². The Morgan fingerprint density at radius 2 is 1.90 bits per heavy atom. The predicted molar refractivity (Wildman–Crippen MR) is 88.1 cm³/mol. The molecule has 0 spiro atoms. The lowest BCUT2D eigenvalue weighted by Crippen LogP contribution is -2.08. The highest BCUT2D eigenvalue weighted by Crippen LogP contribution is 2.26. The first-order valence-electron chi connectivity index (χ1n) is 7.37. The Labute approximate surface area is 127 Å². The van der Waals surface area contributed by atoms with E-state index < -0.39 is 0 Å². The Balaban J connectivity index is 2.29. The summed E-state index contributed by atoms with van der Waals surface area (Å²) in [6, 6.07) is 10.4. The van der Waals surface area contributed by atoms with Crippen LogP contribution in [0.1, 0.15) is 49.7 Å². The second-order valence-corrected chi connectivity index (χ2v) is 5.76. The van der Waals surface area contributed by atoms with E-state index in [2.05, 4.69) is 51.0 Å². The van der Waals surface area contributed by atoms with Crippen LogP contribution >= 0.6 is 0 Å². The molecule has 2 aromatic rings. The van der Waals surface area contributed by atoms with Crippen molar-refractivity contribution >= 4 is 5.82 Å². The zero-order valence-corrected chi connectivity index (χ0v) is 13.0. The third-order valence-corrected chi connectivity index (χ3v) is 3.75. The van der Waals surface area contributed by atoms with Crippen LogP contribution in [0.25, 0.3) is 0 Å². The van der Waals surface area contributed by atoms with Crippen molar-refractivity contribution in [1.82, 2.24) is 9.55 Å². The van der Waals surface area contributed by atoms with Gasteiger partial charge >= 0.3 is 0 Å². The Morgan fingerprint density at radius 1 is 1.24 bits per heavy atom. The van der Waals surface area contributed by atoms with Crippen molar-refractivity contribution in [2.75, 3.05) is 5.73 Å². The molecule has 0 radical (unpaired) electrons. The van der Waals surface area contributed by atoms with Crippen molar-refractivity contribution in [1.29, 1.82) is 0 Å². The molecule has 21 heavy (non-hydrogen) atoms. The Bertz CT molecular complexity index is 632. The quantitative estimate of drug-likeness (QED) is 0.851. The molecule has 1 unspecified atom stereocenters. The van der Waals surface area contributed by atoms with Gasteiger partial charge in [0.25, 0.3) is 0 Å². The molecule has 0 aliphatic carbocycles. The minimum absolute atomic E-state index is 0.307. The number of hydrogen-bond acceptors (Lipinski definition) is 2. The van der Waals surface area contributed by atoms with Crippen LogP contribution in [0.5, 0.6) is 0 Å². The van der Waals surface area contributed by atoms with E-state index in [1.54, 1.807) is 0 Å². The number of aromatic nitrogens is 2. The van der Waals surface area contributed by atoms with Gasteiger partial charge in [-0.05, 0) is 17.9 Å². The summed E-state index contributed by atoms with van der Waals surface area (Å²) >= 11 is 0. The number of hydrogen-bond donors (Lipinski definition) is 1. The van der Waals surface area contributed by atoms with Crippen LogP contribution in [-0.2, 0) is 13.0 Å². The summed E-state index contributed by atoms with van der Waals surface area (Å²) in [6.45, 7) is 6.90. The fraction of sp³-hybridized carbons (Fsp3) is 0.389. The average Bonchev–Trinajstić information content (AvgIpc) is 2.78. The summed E-state index contributed by atoms with van der Waals surface area (Å²) in [7, 11) is 0. The van der Waals surface area contributed by atoms with Crippen LogP contribution in [0.3, 0.4) is 0 Å². The van der Waals surface area contributed by atoms with E-state index in [1.807, 2.05) is 10.6 Å². The van der Waals surface area contributed by atoms with Gasteiger partial charge in [-0.25, -0.2) is 4.98 Å². The molecule has 0 saturated carbocycles. The second kappa shape index (κ2) is 6.49. The zero-order chi connectivity index (χ0) is 15.4. The number of benzene rings is 1. The molecule has 2 N–H and O–H groups in total. The van der Waals surface area contributed by atoms with Crippen molar-refractivity contribution in [3.05, 3.63) is 47.4 Å².